The molecule has 2 rings (SSSR count). The number of aliphatic hydroxyl groups is 5. The van der Waals surface area contributed by atoms with Crippen LogP contribution in [0.5, 0.6) is 0 Å². The van der Waals surface area contributed by atoms with Gasteiger partial charge in [0.05, 0.1) is 31.4 Å². The summed E-state index contributed by atoms with van der Waals surface area (Å²) < 4.78 is 22.7. The summed E-state index contributed by atoms with van der Waals surface area (Å²) in [7, 11) is 0. The zero-order valence-corrected chi connectivity index (χ0v) is 55.0. The monoisotopic (exact) mass is 1360 g/mol. The van der Waals surface area contributed by atoms with E-state index >= 15 is 0 Å². The van der Waals surface area contributed by atoms with Crippen LogP contribution in [0.2, 0.25) is 0 Å². The topological polar surface area (TPSA) is 332 Å². The number of hydrogen-bond acceptors (Lipinski definition) is 16. The third-order valence-corrected chi connectivity index (χ3v) is 14.0. The first kappa shape index (κ1) is 82.0. The summed E-state index contributed by atoms with van der Waals surface area (Å²) in [5, 5.41) is 64.0. The number of alkyl carbamates (subject to hydrolysis) is 1. The van der Waals surface area contributed by atoms with Crippen molar-refractivity contribution >= 4 is 47.2 Å². The highest BCUT2D eigenvalue weighted by Gasteiger charge is 2.45. The lowest BCUT2D eigenvalue weighted by molar-refractivity contribution is -0.303. The number of aliphatic hydroxyl groups excluding tert-OH is 5. The van der Waals surface area contributed by atoms with Crippen molar-refractivity contribution in [3.8, 4) is 142 Å². The van der Waals surface area contributed by atoms with Crippen molar-refractivity contribution in [3.05, 3.63) is 29.8 Å². The Labute approximate surface area is 600 Å². The van der Waals surface area contributed by atoms with E-state index in [2.05, 4.69) is 170 Å². The first-order valence-corrected chi connectivity index (χ1v) is 31.7. The molecule has 11 N–H and O–H groups in total. The Morgan fingerprint density at radius 1 is 0.646 bits per heavy atom. The summed E-state index contributed by atoms with van der Waals surface area (Å²) in [6.45, 7) is 6.96. The molecule has 96 heavy (non-hydrogen) atoms. The molecule has 21 heteroatoms. The van der Waals surface area contributed by atoms with E-state index in [1.165, 1.54) is 51.2 Å². The Bertz CT molecular complexity index is 3640. The Morgan fingerprint density at radius 3 is 1.65 bits per heavy atom. The fourth-order valence-corrected chi connectivity index (χ4v) is 9.01. The summed E-state index contributed by atoms with van der Waals surface area (Å²) in [6.07, 6.45) is -0.118. The van der Waals surface area contributed by atoms with E-state index in [1.54, 1.807) is 32.9 Å². The second-order valence-electron chi connectivity index (χ2n) is 22.1. The molecule has 1 aromatic rings. The van der Waals surface area contributed by atoms with Crippen molar-refractivity contribution in [1.29, 1.82) is 0 Å². The molecule has 0 spiro atoms. The SMILES string of the molecule is CC#CC#CC#CC#CC#CC#CC#CC#CC#CC#CC#CC#CC(=O)O[C@H]([C@H](O)CCCCCCCCCCCCCC)[C@H](CO[C@H]1OC(CO)[C@H](O)[C@H](O)C1O)NC(=O)OCc1ccc(NC(=O)[C@H](CCCNC(N)=O)CC(=O)[C@@H](NC(=O)CCC(C)=O)C(C)C)cc1.[HH].[HH].[HH].[HH].[HH].[HH].[HH].[HH].[HH].[HH].[HH].[HH].[HH].[HH].[HH].[HH].[HH].[HH].[HH].[HH].[HH].[HH].[HH].[HH]. The molecule has 0 saturated carbocycles. The van der Waals surface area contributed by atoms with Gasteiger partial charge in [-0.3, -0.25) is 14.4 Å². The molecular formula is C75H133N5O16. The minimum absolute atomic E-state index is 0. The van der Waals surface area contributed by atoms with Gasteiger partial charge in [0.1, 0.15) is 36.8 Å². The average molecular weight is 1360 g/mol. The molecule has 1 aliphatic heterocycles. The number of Topliss-reactive ketones (excluding diaryl/α,β-unsaturated/α-hetero) is 2. The lowest BCUT2D eigenvalue weighted by atomic mass is 9.89. The molecule has 2 unspecified atom stereocenters. The zero-order valence-electron chi connectivity index (χ0n) is 55.0. The largest absolute Gasteiger partial charge is 0.448 e. The molecule has 1 aliphatic rings. The smallest absolute Gasteiger partial charge is 0.407 e. The quantitative estimate of drug-likeness (QED) is 0.0128. The number of carbonyl (C=O) groups is 7. The number of nitrogens with one attached hydrogen (secondary N) is 4. The minimum atomic E-state index is -1.87. The molecule has 21 nitrogen and oxygen atoms in total. The molecule has 0 aliphatic carbocycles. The molecule has 10 atom stereocenters. The molecular weight excluding hydrogens is 1230 g/mol. The van der Waals surface area contributed by atoms with Crippen LogP contribution in [0.25, 0.3) is 0 Å². The van der Waals surface area contributed by atoms with E-state index in [4.69, 9.17) is 24.7 Å². The van der Waals surface area contributed by atoms with Crippen molar-refractivity contribution in [2.45, 2.75) is 212 Å². The lowest BCUT2D eigenvalue weighted by Gasteiger charge is -2.40. The lowest BCUT2D eigenvalue weighted by Crippen LogP contribution is -2.60. The Morgan fingerprint density at radius 2 is 1.16 bits per heavy atom. The van der Waals surface area contributed by atoms with Gasteiger partial charge in [-0.05, 0) is 151 Å². The molecule has 5 amide bonds. The van der Waals surface area contributed by atoms with Crippen LogP contribution in [0, 0.1) is 154 Å². The van der Waals surface area contributed by atoms with E-state index in [0.717, 1.165) is 32.1 Å². The third-order valence-electron chi connectivity index (χ3n) is 14.0. The van der Waals surface area contributed by atoms with Crippen LogP contribution in [0.3, 0.4) is 0 Å². The molecule has 1 saturated heterocycles. The second kappa shape index (κ2) is 51.4. The number of anilines is 1. The molecule has 1 heterocycles. The number of amides is 5. The van der Waals surface area contributed by atoms with Gasteiger partial charge in [-0.15, -0.1) is 0 Å². The maximum Gasteiger partial charge on any atom is 0.407 e. The van der Waals surface area contributed by atoms with E-state index in [-0.39, 0.29) is 97.6 Å². The normalized spacial score (nSPS) is 15.8. The summed E-state index contributed by atoms with van der Waals surface area (Å²) >= 11 is 0. The number of benzene rings is 1. The average Bonchev–Trinajstić information content (AvgIpc) is 0.815. The van der Waals surface area contributed by atoms with Gasteiger partial charge >= 0.3 is 18.1 Å². The van der Waals surface area contributed by atoms with Gasteiger partial charge in [-0.25, -0.2) is 14.4 Å². The van der Waals surface area contributed by atoms with Crippen molar-refractivity contribution in [1.82, 2.24) is 16.0 Å². The summed E-state index contributed by atoms with van der Waals surface area (Å²) in [6, 6.07) is 2.92. The van der Waals surface area contributed by atoms with Gasteiger partial charge in [-0.2, -0.15) is 0 Å². The van der Waals surface area contributed by atoms with Crippen molar-refractivity contribution in [2.75, 3.05) is 25.1 Å². The fraction of sp³-hybridized carbons (Fsp3) is 0.507. The van der Waals surface area contributed by atoms with Gasteiger partial charge in [-0.1, -0.05) is 116 Å². The highest BCUT2D eigenvalue weighted by atomic mass is 16.7. The minimum Gasteiger partial charge on any atom is -0.448 e. The van der Waals surface area contributed by atoms with Crippen molar-refractivity contribution in [2.24, 2.45) is 17.6 Å². The predicted octanol–water partition coefficient (Wildman–Crippen LogP) is 9.90. The maximum atomic E-state index is 13.8. The number of unbranched alkanes of at least 4 members (excludes halogenated alkanes) is 11. The number of ketones is 2. The first-order valence-electron chi connectivity index (χ1n) is 31.7. The summed E-state index contributed by atoms with van der Waals surface area (Å²) in [5.74, 6) is 55.1. The Hall–Kier alpha value is -10.1. The fourth-order valence-electron chi connectivity index (χ4n) is 9.01. The number of hydrogen-bond donors (Lipinski definition) is 10. The van der Waals surface area contributed by atoms with Gasteiger partial charge in [0.25, 0.3) is 0 Å². The number of carbonyl (C=O) groups excluding carboxylic acids is 7. The highest BCUT2D eigenvalue weighted by molar-refractivity contribution is 5.97. The predicted molar refractivity (Wildman–Crippen MR) is 410 cm³/mol. The van der Waals surface area contributed by atoms with Crippen LogP contribution in [0.1, 0.15) is 190 Å². The molecule has 1 aromatic carbocycles. The van der Waals surface area contributed by atoms with E-state index in [9.17, 15) is 59.1 Å². The molecule has 0 radical (unpaired) electrons. The summed E-state index contributed by atoms with van der Waals surface area (Å²) in [5.41, 5.74) is 5.94. The Balaban J connectivity index is -0.000000187. The van der Waals surface area contributed by atoms with Crippen LogP contribution < -0.4 is 27.0 Å². The molecule has 0 aromatic heterocycles. The highest BCUT2D eigenvalue weighted by Crippen LogP contribution is 2.25. The number of nitrogens with two attached hydrogens (primary N) is 1. The van der Waals surface area contributed by atoms with Gasteiger partial charge in [0.15, 0.2) is 18.2 Å². The second-order valence-corrected chi connectivity index (χ2v) is 22.1. The standard InChI is InChI=1S/C75H85N5O16.24H2/c1-6-8-10-12-14-16-18-20-21-22-23-24-25-26-27-28-29-30-32-34-36-38-40-44-66(86)96-71(62(83)43-39-37-35-33-31-19-17-15-13-11-9-7-2)61(55-93-73-70(89)69(88)68(87)64(53-81)95-73)79-75(92)94-54-58-46-48-60(49-47-58)78-72(90)59(42-41-51-77-74(76)91)52-63(84)67(56(3)4)80-65(85)50-45-57(5)82;;;;;;;;;;;;;;;;;;;;;;;;/h46-49,56,59,61-62,64,67-71,73,81,83,87-89H,7,9,11,13,15,17,19,31,33,35,37,39,41-43,45,50-55H2,1-5H3,(H,78,90)(H,79,92)(H,80,85)(H3,76,77,91);24*1H/t59-,61+,62-,64?,67+,68+,69+,70?,71+,73+;;;;;;;;;;;;;;;;;;;;;;;;/m1......................../s1. The Kier molecular flexibility index (Phi) is 43.9. The van der Waals surface area contributed by atoms with Crippen LogP contribution >= 0.6 is 0 Å². The molecule has 0 bridgehead atoms. The first-order chi connectivity index (χ1) is 46.3. The number of rotatable bonds is 37. The number of ether oxygens (including phenoxy) is 4. The zero-order chi connectivity index (χ0) is 70.6. The third kappa shape index (κ3) is 38.2. The van der Waals surface area contributed by atoms with E-state index < -0.39 is 110 Å². The molecule has 1 fully saturated rings. The van der Waals surface area contributed by atoms with Gasteiger partial charge in [0, 0.05) is 113 Å². The summed E-state index contributed by atoms with van der Waals surface area (Å²) in [4.78, 5) is 90.2. The van der Waals surface area contributed by atoms with Crippen LogP contribution in [-0.2, 0) is 49.5 Å². The van der Waals surface area contributed by atoms with Crippen LogP contribution in [-0.4, -0.2) is 142 Å². The van der Waals surface area contributed by atoms with Crippen LogP contribution in [0.4, 0.5) is 15.3 Å². The van der Waals surface area contributed by atoms with E-state index in [1.807, 2.05) is 0 Å². The number of esters is 1. The van der Waals surface area contributed by atoms with E-state index in [0.29, 0.717) is 24.1 Å². The van der Waals surface area contributed by atoms with Gasteiger partial charge < -0.3 is 76.3 Å². The van der Waals surface area contributed by atoms with Gasteiger partial charge in [0.2, 0.25) is 11.8 Å². The number of primary amides is 1. The van der Waals surface area contributed by atoms with Crippen molar-refractivity contribution < 1.29 is 112 Å². The van der Waals surface area contributed by atoms with Crippen molar-refractivity contribution in [3.63, 3.8) is 0 Å². The van der Waals surface area contributed by atoms with Crippen LogP contribution in [0.15, 0.2) is 24.3 Å². The molecule has 554 valence electrons. The maximum absolute atomic E-state index is 13.8. The number of urea groups is 1.